The topological polar surface area (TPSA) is 97.1 Å². The van der Waals surface area contributed by atoms with Crippen molar-refractivity contribution in [2.75, 3.05) is 5.32 Å². The van der Waals surface area contributed by atoms with Crippen LogP contribution in [0.1, 0.15) is 22.5 Å². The Kier molecular flexibility index (Phi) is 4.09. The Morgan fingerprint density at radius 3 is 2.85 bits per heavy atom. The molecule has 1 amide bonds. The molecule has 7 heteroatoms. The summed E-state index contributed by atoms with van der Waals surface area (Å²) in [6.45, 7) is 2.10. The minimum Gasteiger partial charge on any atom is -0.477 e. The van der Waals surface area contributed by atoms with Crippen LogP contribution >= 0.6 is 0 Å². The lowest BCUT2D eigenvalue weighted by molar-refractivity contribution is -0.116. The van der Waals surface area contributed by atoms with E-state index >= 15 is 0 Å². The van der Waals surface area contributed by atoms with Crippen molar-refractivity contribution in [3.63, 3.8) is 0 Å². The van der Waals surface area contributed by atoms with Gasteiger partial charge in [-0.15, -0.1) is 0 Å². The molecule has 0 aliphatic heterocycles. The van der Waals surface area contributed by atoms with Crippen molar-refractivity contribution in [2.45, 2.75) is 19.9 Å². The maximum atomic E-state index is 11.8. The summed E-state index contributed by atoms with van der Waals surface area (Å²) in [5, 5.41) is 15.4. The van der Waals surface area contributed by atoms with Crippen molar-refractivity contribution in [1.82, 2.24) is 14.8 Å². The van der Waals surface area contributed by atoms with E-state index in [4.69, 9.17) is 5.11 Å². The van der Waals surface area contributed by atoms with Crippen LogP contribution in [0.15, 0.2) is 30.6 Å². The molecule has 0 saturated carbocycles. The summed E-state index contributed by atoms with van der Waals surface area (Å²) in [6, 6.07) is 4.98. The average Bonchev–Trinajstić information content (AvgIpc) is 2.85. The second-order valence-electron chi connectivity index (χ2n) is 4.26. The van der Waals surface area contributed by atoms with Gasteiger partial charge in [0, 0.05) is 18.8 Å². The van der Waals surface area contributed by atoms with Crippen molar-refractivity contribution in [1.29, 1.82) is 0 Å². The number of rotatable bonds is 5. The van der Waals surface area contributed by atoms with Gasteiger partial charge < -0.3 is 10.4 Å². The quantitative estimate of drug-likeness (QED) is 0.856. The molecule has 0 atom stereocenters. The third-order valence-electron chi connectivity index (χ3n) is 2.67. The smallest absolute Gasteiger partial charge is 0.354 e. The molecular formula is C13H14N4O3. The minimum atomic E-state index is -1.07. The Labute approximate surface area is 115 Å². The molecule has 0 bridgehead atoms. The standard InChI is InChI=1S/C13H14N4O3/c1-9-2-5-14-11(8-9)16-12(18)4-7-17-10(13(19)20)3-6-15-17/h2-3,5-6,8H,4,7H2,1H3,(H,19,20)(H,14,16,18). The van der Waals surface area contributed by atoms with E-state index in [0.717, 1.165) is 5.56 Å². The first-order chi connectivity index (χ1) is 9.56. The number of carboxylic acids is 1. The van der Waals surface area contributed by atoms with E-state index < -0.39 is 5.97 Å². The van der Waals surface area contributed by atoms with Gasteiger partial charge in [0.1, 0.15) is 11.5 Å². The first-order valence-corrected chi connectivity index (χ1v) is 6.04. The highest BCUT2D eigenvalue weighted by Crippen LogP contribution is 2.06. The molecule has 7 nitrogen and oxygen atoms in total. The minimum absolute atomic E-state index is 0.0616. The van der Waals surface area contributed by atoms with E-state index in [0.29, 0.717) is 5.82 Å². The number of carbonyl (C=O) groups is 2. The molecule has 20 heavy (non-hydrogen) atoms. The van der Waals surface area contributed by atoms with E-state index in [2.05, 4.69) is 15.4 Å². The average molecular weight is 274 g/mol. The lowest BCUT2D eigenvalue weighted by Gasteiger charge is -2.06. The molecule has 0 saturated heterocycles. The van der Waals surface area contributed by atoms with Crippen molar-refractivity contribution in [2.24, 2.45) is 0 Å². The molecule has 0 aliphatic rings. The summed E-state index contributed by atoms with van der Waals surface area (Å²) in [5.74, 6) is -0.827. The lowest BCUT2D eigenvalue weighted by Crippen LogP contribution is -2.18. The largest absolute Gasteiger partial charge is 0.477 e. The zero-order valence-corrected chi connectivity index (χ0v) is 10.9. The van der Waals surface area contributed by atoms with E-state index in [1.807, 2.05) is 13.0 Å². The predicted octanol–water partition coefficient (Wildman–Crippen LogP) is 1.31. The van der Waals surface area contributed by atoms with Gasteiger partial charge in [-0.2, -0.15) is 5.10 Å². The van der Waals surface area contributed by atoms with Crippen LogP contribution in [0.25, 0.3) is 0 Å². The van der Waals surface area contributed by atoms with Crippen LogP contribution in [-0.2, 0) is 11.3 Å². The summed E-state index contributed by atoms with van der Waals surface area (Å²) in [4.78, 5) is 26.7. The molecule has 2 aromatic heterocycles. The van der Waals surface area contributed by atoms with Crippen LogP contribution in [-0.4, -0.2) is 31.7 Å². The Morgan fingerprint density at radius 2 is 2.15 bits per heavy atom. The molecule has 0 spiro atoms. The lowest BCUT2D eigenvalue weighted by atomic mass is 10.3. The van der Waals surface area contributed by atoms with Gasteiger partial charge in [0.15, 0.2) is 0 Å². The molecule has 2 N–H and O–H groups in total. The van der Waals surface area contributed by atoms with Gasteiger partial charge in [0.05, 0.1) is 6.54 Å². The Hall–Kier alpha value is -2.70. The fourth-order valence-corrected chi connectivity index (χ4v) is 1.71. The van der Waals surface area contributed by atoms with E-state index in [1.165, 1.54) is 16.9 Å². The SMILES string of the molecule is Cc1ccnc(NC(=O)CCn2nccc2C(=O)O)c1. The zero-order valence-electron chi connectivity index (χ0n) is 10.9. The number of pyridine rings is 1. The zero-order chi connectivity index (χ0) is 14.5. The van der Waals surface area contributed by atoms with Crippen LogP contribution < -0.4 is 5.32 Å². The van der Waals surface area contributed by atoms with Gasteiger partial charge >= 0.3 is 5.97 Å². The van der Waals surface area contributed by atoms with Crippen LogP contribution in [0.4, 0.5) is 5.82 Å². The second-order valence-corrected chi connectivity index (χ2v) is 4.26. The molecule has 0 aromatic carbocycles. The van der Waals surface area contributed by atoms with Crippen LogP contribution in [0.3, 0.4) is 0 Å². The highest BCUT2D eigenvalue weighted by molar-refractivity contribution is 5.90. The Morgan fingerprint density at radius 1 is 1.35 bits per heavy atom. The first kappa shape index (κ1) is 13.7. The van der Waals surface area contributed by atoms with Gasteiger partial charge in [-0.05, 0) is 30.7 Å². The molecule has 0 fully saturated rings. The van der Waals surface area contributed by atoms with Gasteiger partial charge in [-0.3, -0.25) is 9.48 Å². The molecule has 2 heterocycles. The third kappa shape index (κ3) is 3.41. The molecule has 0 aliphatic carbocycles. The Balaban J connectivity index is 1.92. The van der Waals surface area contributed by atoms with Gasteiger partial charge in [0.25, 0.3) is 0 Å². The van der Waals surface area contributed by atoms with Crippen molar-refractivity contribution in [3.05, 3.63) is 41.9 Å². The number of aromatic nitrogens is 3. The van der Waals surface area contributed by atoms with Crippen molar-refractivity contribution < 1.29 is 14.7 Å². The van der Waals surface area contributed by atoms with Gasteiger partial charge in [-0.25, -0.2) is 9.78 Å². The van der Waals surface area contributed by atoms with Gasteiger partial charge in [0.2, 0.25) is 5.91 Å². The normalized spacial score (nSPS) is 10.2. The van der Waals surface area contributed by atoms with Crippen molar-refractivity contribution >= 4 is 17.7 Å². The number of aryl methyl sites for hydroxylation is 2. The van der Waals surface area contributed by atoms with E-state index in [9.17, 15) is 9.59 Å². The number of amides is 1. The molecule has 2 rings (SSSR count). The summed E-state index contributed by atoms with van der Waals surface area (Å²) >= 11 is 0. The number of aromatic carboxylic acids is 1. The molecule has 2 aromatic rings. The fraction of sp³-hybridized carbons (Fsp3) is 0.231. The number of nitrogens with zero attached hydrogens (tertiary/aromatic N) is 3. The second kappa shape index (κ2) is 5.96. The number of anilines is 1. The third-order valence-corrected chi connectivity index (χ3v) is 2.67. The maximum Gasteiger partial charge on any atom is 0.354 e. The fourth-order valence-electron chi connectivity index (χ4n) is 1.71. The maximum absolute atomic E-state index is 11.8. The van der Waals surface area contributed by atoms with Crippen LogP contribution in [0.5, 0.6) is 0 Å². The van der Waals surface area contributed by atoms with Crippen molar-refractivity contribution in [3.8, 4) is 0 Å². The first-order valence-electron chi connectivity index (χ1n) is 6.04. The summed E-state index contributed by atoms with van der Waals surface area (Å²) in [6.07, 6.45) is 3.13. The number of hydrogen-bond donors (Lipinski definition) is 2. The van der Waals surface area contributed by atoms with E-state index in [-0.39, 0.29) is 24.6 Å². The van der Waals surface area contributed by atoms with E-state index in [1.54, 1.807) is 12.3 Å². The monoisotopic (exact) mass is 274 g/mol. The molecule has 0 radical (unpaired) electrons. The predicted molar refractivity (Wildman–Crippen MR) is 71.4 cm³/mol. The van der Waals surface area contributed by atoms with Gasteiger partial charge in [-0.1, -0.05) is 0 Å². The highest BCUT2D eigenvalue weighted by Gasteiger charge is 2.11. The van der Waals surface area contributed by atoms with Crippen LogP contribution in [0.2, 0.25) is 0 Å². The summed E-state index contributed by atoms with van der Waals surface area (Å²) < 4.78 is 1.28. The number of nitrogens with one attached hydrogen (secondary N) is 1. The number of carboxylic acid groups (broad SMARTS) is 1. The highest BCUT2D eigenvalue weighted by atomic mass is 16.4. The summed E-state index contributed by atoms with van der Waals surface area (Å²) in [5.41, 5.74) is 1.06. The van der Waals surface area contributed by atoms with Crippen LogP contribution in [0, 0.1) is 6.92 Å². The number of carbonyl (C=O) groups excluding carboxylic acids is 1. The molecule has 0 unspecified atom stereocenters. The number of hydrogen-bond acceptors (Lipinski definition) is 4. The Bertz CT molecular complexity index is 636. The molecular weight excluding hydrogens is 260 g/mol. The molecule has 104 valence electrons. The summed E-state index contributed by atoms with van der Waals surface area (Å²) in [7, 11) is 0.